The average molecular weight is 173 g/mol. The van der Waals surface area contributed by atoms with Gasteiger partial charge in [0.1, 0.15) is 18.2 Å². The first-order valence-corrected chi connectivity index (χ1v) is 4.20. The Morgan fingerprint density at radius 3 is 3.08 bits per heavy atom. The van der Waals surface area contributed by atoms with E-state index >= 15 is 0 Å². The molecule has 3 aliphatic rings. The number of hydrogen-bond acceptors (Lipinski definition) is 4. The van der Waals surface area contributed by atoms with Crippen molar-refractivity contribution < 1.29 is 19.5 Å². The first kappa shape index (κ1) is 7.23. The van der Waals surface area contributed by atoms with Gasteiger partial charge < -0.3 is 14.7 Å². The summed E-state index contributed by atoms with van der Waals surface area (Å²) in [6.07, 6.45) is 0.677. The molecule has 0 spiro atoms. The third-order valence-electron chi connectivity index (χ3n) is 3.06. The van der Waals surface area contributed by atoms with E-state index in [1.54, 1.807) is 7.11 Å². The number of quaternary nitrogens is 1. The second-order valence-electron chi connectivity index (χ2n) is 3.58. The van der Waals surface area contributed by atoms with Crippen LogP contribution < -0.4 is 5.23 Å². The summed E-state index contributed by atoms with van der Waals surface area (Å²) in [7, 11) is 1.63. The van der Waals surface area contributed by atoms with E-state index in [2.05, 4.69) is 0 Å². The summed E-state index contributed by atoms with van der Waals surface area (Å²) in [6.45, 7) is 0. The molecule has 3 saturated heterocycles. The maximum absolute atomic E-state index is 11.2. The highest BCUT2D eigenvalue weighted by Gasteiger charge is 2.64. The van der Waals surface area contributed by atoms with Gasteiger partial charge in [-0.15, -0.1) is 0 Å². The number of rotatable bonds is 1. The smallest absolute Gasteiger partial charge is 0.177 e. The van der Waals surface area contributed by atoms with Gasteiger partial charge in [-0.1, -0.05) is 0 Å². The molecule has 68 valence electrons. The summed E-state index contributed by atoms with van der Waals surface area (Å²) in [5, 5.41) is 11.1. The number of hydroxylamine groups is 2. The summed E-state index contributed by atoms with van der Waals surface area (Å²) < 4.78 is 10.8. The monoisotopic (exact) mass is 173 g/mol. The highest BCUT2D eigenvalue weighted by atomic mass is 16.9. The summed E-state index contributed by atoms with van der Waals surface area (Å²) in [5.41, 5.74) is 0. The maximum atomic E-state index is 11.2. The van der Waals surface area contributed by atoms with Crippen LogP contribution >= 0.6 is 0 Å². The van der Waals surface area contributed by atoms with Gasteiger partial charge in [-0.25, -0.2) is 5.23 Å². The summed E-state index contributed by atoms with van der Waals surface area (Å²) in [4.78, 5) is 5.15. The maximum Gasteiger partial charge on any atom is 0.177 e. The van der Waals surface area contributed by atoms with E-state index in [4.69, 9.17) is 14.3 Å². The molecule has 0 aromatic carbocycles. The van der Waals surface area contributed by atoms with Crippen molar-refractivity contribution in [2.24, 2.45) is 0 Å². The fourth-order valence-corrected chi connectivity index (χ4v) is 2.52. The van der Waals surface area contributed by atoms with Crippen molar-refractivity contribution in [2.45, 2.75) is 36.9 Å². The van der Waals surface area contributed by atoms with Gasteiger partial charge >= 0.3 is 0 Å². The fourth-order valence-electron chi connectivity index (χ4n) is 2.52. The Bertz CT molecular complexity index is 210. The van der Waals surface area contributed by atoms with E-state index in [-0.39, 0.29) is 35.7 Å². The Hall–Kier alpha value is -0.200. The molecular formula is C7H11NO4. The molecule has 0 radical (unpaired) electrons. The predicted octanol–water partition coefficient (Wildman–Crippen LogP) is -1.76. The molecule has 12 heavy (non-hydrogen) atoms. The van der Waals surface area contributed by atoms with Crippen LogP contribution in [0.4, 0.5) is 0 Å². The Morgan fingerprint density at radius 2 is 2.33 bits per heavy atom. The van der Waals surface area contributed by atoms with Crippen LogP contribution in [0.5, 0.6) is 0 Å². The molecule has 1 N–H and O–H groups in total. The van der Waals surface area contributed by atoms with Crippen LogP contribution in [0.25, 0.3) is 0 Å². The van der Waals surface area contributed by atoms with Crippen LogP contribution in [0, 0.1) is 5.21 Å². The Morgan fingerprint density at radius 1 is 1.50 bits per heavy atom. The topological polar surface area (TPSA) is 55.2 Å². The first-order valence-electron chi connectivity index (χ1n) is 4.20. The van der Waals surface area contributed by atoms with Gasteiger partial charge in [0.25, 0.3) is 0 Å². The van der Waals surface area contributed by atoms with Gasteiger partial charge in [0.15, 0.2) is 6.10 Å². The van der Waals surface area contributed by atoms with Gasteiger partial charge in [0.2, 0.25) is 0 Å². The SMILES string of the molecule is COC1C2CC3C(O2)C1O[NH+]3[O-]. The normalized spacial score (nSPS) is 61.5. The van der Waals surface area contributed by atoms with Crippen molar-refractivity contribution in [3.8, 4) is 0 Å². The minimum atomic E-state index is -0.133. The third kappa shape index (κ3) is 0.664. The van der Waals surface area contributed by atoms with Crippen molar-refractivity contribution in [3.05, 3.63) is 5.21 Å². The Kier molecular flexibility index (Phi) is 1.31. The number of methoxy groups -OCH3 is 1. The molecule has 0 saturated carbocycles. The van der Waals surface area contributed by atoms with Gasteiger partial charge in [-0.2, -0.15) is 4.84 Å². The molecule has 0 aromatic rings. The van der Waals surface area contributed by atoms with Gasteiger partial charge in [-0.3, -0.25) is 0 Å². The van der Waals surface area contributed by atoms with E-state index in [9.17, 15) is 5.21 Å². The van der Waals surface area contributed by atoms with E-state index in [1.165, 1.54) is 0 Å². The van der Waals surface area contributed by atoms with E-state index in [1.807, 2.05) is 0 Å². The van der Waals surface area contributed by atoms with Crippen molar-refractivity contribution in [2.75, 3.05) is 7.11 Å². The van der Waals surface area contributed by atoms with E-state index in [0.717, 1.165) is 6.42 Å². The number of ether oxygens (including phenoxy) is 2. The zero-order valence-electron chi connectivity index (χ0n) is 6.73. The predicted molar refractivity (Wildman–Crippen MR) is 37.1 cm³/mol. The van der Waals surface area contributed by atoms with Gasteiger partial charge in [0.05, 0.1) is 6.10 Å². The Balaban J connectivity index is 1.91. The molecule has 3 fully saturated rings. The summed E-state index contributed by atoms with van der Waals surface area (Å²) in [6, 6.07) is -0.00796. The highest BCUT2D eigenvalue weighted by molar-refractivity contribution is 5.04. The summed E-state index contributed by atoms with van der Waals surface area (Å²) >= 11 is 0. The zero-order valence-corrected chi connectivity index (χ0v) is 6.73. The second kappa shape index (κ2) is 2.18. The van der Waals surface area contributed by atoms with Gasteiger partial charge in [-0.05, 0) is 0 Å². The third-order valence-corrected chi connectivity index (χ3v) is 3.06. The Labute approximate surface area is 69.7 Å². The van der Waals surface area contributed by atoms with Crippen LogP contribution in [0.3, 0.4) is 0 Å². The standard InChI is InChI=1S/C7H11NO4/c1-10-6-4-2-3-5(11-4)7(6)12-8(3)9/h3-8H,2H2,1H3. The largest absolute Gasteiger partial charge is 0.600 e. The molecule has 3 heterocycles. The van der Waals surface area contributed by atoms with Crippen molar-refractivity contribution in [3.63, 3.8) is 0 Å². The van der Waals surface area contributed by atoms with Gasteiger partial charge in [0, 0.05) is 13.5 Å². The number of hydrogen-bond donors (Lipinski definition) is 1. The molecule has 0 aliphatic carbocycles. The van der Waals surface area contributed by atoms with Crippen LogP contribution in [0.1, 0.15) is 6.42 Å². The number of nitrogens with one attached hydrogen (secondary N) is 1. The lowest BCUT2D eigenvalue weighted by Crippen LogP contribution is -3.08. The lowest BCUT2D eigenvalue weighted by atomic mass is 9.92. The van der Waals surface area contributed by atoms with Crippen LogP contribution in [-0.2, 0) is 14.3 Å². The molecule has 0 amide bonds. The van der Waals surface area contributed by atoms with E-state index in [0.29, 0.717) is 0 Å². The lowest BCUT2D eigenvalue weighted by molar-refractivity contribution is -1.06. The first-order chi connectivity index (χ1) is 5.81. The lowest BCUT2D eigenvalue weighted by Gasteiger charge is -2.17. The molecule has 6 unspecified atom stereocenters. The minimum absolute atomic E-state index is 0.00796. The molecule has 2 bridgehead atoms. The highest BCUT2D eigenvalue weighted by Crippen LogP contribution is 2.39. The molecule has 5 heteroatoms. The minimum Gasteiger partial charge on any atom is -0.600 e. The van der Waals surface area contributed by atoms with Crippen molar-refractivity contribution >= 4 is 0 Å². The van der Waals surface area contributed by atoms with E-state index < -0.39 is 0 Å². The molecular weight excluding hydrogens is 162 g/mol. The van der Waals surface area contributed by atoms with Crippen LogP contribution in [-0.4, -0.2) is 37.6 Å². The quantitative estimate of drug-likeness (QED) is 0.477. The fraction of sp³-hybridized carbons (Fsp3) is 1.00. The molecule has 3 rings (SSSR count). The summed E-state index contributed by atoms with van der Waals surface area (Å²) in [5.74, 6) is 0. The second-order valence-corrected chi connectivity index (χ2v) is 3.58. The van der Waals surface area contributed by atoms with Crippen LogP contribution in [0.15, 0.2) is 0 Å². The molecule has 6 atom stereocenters. The van der Waals surface area contributed by atoms with Crippen LogP contribution in [0.2, 0.25) is 0 Å². The molecule has 3 aliphatic heterocycles. The van der Waals surface area contributed by atoms with Crippen molar-refractivity contribution in [1.82, 2.24) is 0 Å². The number of fused-ring (bicyclic) bond motifs is 1. The molecule has 5 nitrogen and oxygen atoms in total. The molecule has 0 aromatic heterocycles. The van der Waals surface area contributed by atoms with Crippen molar-refractivity contribution in [1.29, 1.82) is 0 Å². The zero-order chi connectivity index (χ0) is 8.29. The average Bonchev–Trinajstić information content (AvgIpc) is 2.63.